The quantitative estimate of drug-likeness (QED) is 0.616. The average Bonchev–Trinajstić information content (AvgIpc) is 2.06. The van der Waals surface area contributed by atoms with E-state index in [2.05, 4.69) is 9.97 Å². The third kappa shape index (κ3) is 1.90. The van der Waals surface area contributed by atoms with Gasteiger partial charge in [-0.3, -0.25) is 0 Å². The van der Waals surface area contributed by atoms with Crippen molar-refractivity contribution in [3.63, 3.8) is 0 Å². The SMILES string of the molecule is COc1nccc(CC#N)n1. The second-order valence-electron chi connectivity index (χ2n) is 1.87. The molecule has 0 unspecified atom stereocenters. The fourth-order valence-corrected chi connectivity index (χ4v) is 0.654. The highest BCUT2D eigenvalue weighted by Crippen LogP contribution is 2.01. The van der Waals surface area contributed by atoms with E-state index in [0.29, 0.717) is 18.1 Å². The Labute approximate surface area is 64.5 Å². The van der Waals surface area contributed by atoms with Gasteiger partial charge in [0, 0.05) is 6.20 Å². The Morgan fingerprint density at radius 3 is 3.18 bits per heavy atom. The molecule has 4 nitrogen and oxygen atoms in total. The summed E-state index contributed by atoms with van der Waals surface area (Å²) in [5.74, 6) is 0. The van der Waals surface area contributed by atoms with Gasteiger partial charge in [-0.25, -0.2) is 4.98 Å². The van der Waals surface area contributed by atoms with Gasteiger partial charge < -0.3 is 4.74 Å². The first-order chi connectivity index (χ1) is 5.36. The summed E-state index contributed by atoms with van der Waals surface area (Å²) in [5.41, 5.74) is 0.680. The molecule has 0 N–H and O–H groups in total. The molecule has 0 aliphatic heterocycles. The summed E-state index contributed by atoms with van der Waals surface area (Å²) in [7, 11) is 1.49. The molecule has 0 amide bonds. The minimum Gasteiger partial charge on any atom is -0.467 e. The van der Waals surface area contributed by atoms with Crippen molar-refractivity contribution in [2.45, 2.75) is 6.42 Å². The Morgan fingerprint density at radius 1 is 1.73 bits per heavy atom. The lowest BCUT2D eigenvalue weighted by atomic mass is 10.3. The van der Waals surface area contributed by atoms with Crippen LogP contribution in [0.1, 0.15) is 5.69 Å². The van der Waals surface area contributed by atoms with Crippen LogP contribution in [0.3, 0.4) is 0 Å². The molecule has 11 heavy (non-hydrogen) atoms. The van der Waals surface area contributed by atoms with Crippen LogP contribution < -0.4 is 4.74 Å². The molecule has 1 heterocycles. The zero-order chi connectivity index (χ0) is 8.10. The minimum absolute atomic E-state index is 0.291. The Morgan fingerprint density at radius 2 is 2.55 bits per heavy atom. The van der Waals surface area contributed by atoms with Gasteiger partial charge in [-0.05, 0) is 6.07 Å². The lowest BCUT2D eigenvalue weighted by Crippen LogP contribution is -1.94. The van der Waals surface area contributed by atoms with Crippen molar-refractivity contribution in [3.05, 3.63) is 18.0 Å². The van der Waals surface area contributed by atoms with Gasteiger partial charge in [0.25, 0.3) is 0 Å². The summed E-state index contributed by atoms with van der Waals surface area (Å²) in [5, 5.41) is 8.33. The van der Waals surface area contributed by atoms with Crippen molar-refractivity contribution in [1.29, 1.82) is 5.26 Å². The largest absolute Gasteiger partial charge is 0.467 e. The number of ether oxygens (including phenoxy) is 1. The fraction of sp³-hybridized carbons (Fsp3) is 0.286. The van der Waals surface area contributed by atoms with Crippen LogP contribution >= 0.6 is 0 Å². The first-order valence-corrected chi connectivity index (χ1v) is 3.09. The van der Waals surface area contributed by atoms with E-state index in [9.17, 15) is 0 Å². The number of hydrogen-bond donors (Lipinski definition) is 0. The standard InChI is InChI=1S/C7H7N3O/c1-11-7-9-5-3-6(10-7)2-4-8/h3,5H,2H2,1H3. The Kier molecular flexibility index (Phi) is 2.39. The van der Waals surface area contributed by atoms with Crippen LogP contribution in [-0.4, -0.2) is 17.1 Å². The van der Waals surface area contributed by atoms with E-state index in [4.69, 9.17) is 10.00 Å². The number of nitriles is 1. The zero-order valence-corrected chi connectivity index (χ0v) is 6.11. The average molecular weight is 149 g/mol. The van der Waals surface area contributed by atoms with Crippen LogP contribution in [0.15, 0.2) is 12.3 Å². The van der Waals surface area contributed by atoms with Crippen LogP contribution in [0, 0.1) is 11.3 Å². The number of hydrogen-bond acceptors (Lipinski definition) is 4. The maximum atomic E-state index is 8.33. The van der Waals surface area contributed by atoms with Crippen molar-refractivity contribution in [3.8, 4) is 12.1 Å². The van der Waals surface area contributed by atoms with E-state index in [0.717, 1.165) is 0 Å². The molecule has 0 saturated carbocycles. The third-order valence-corrected chi connectivity index (χ3v) is 1.13. The number of nitrogens with zero attached hydrogens (tertiary/aromatic N) is 3. The summed E-state index contributed by atoms with van der Waals surface area (Å²) < 4.78 is 4.77. The van der Waals surface area contributed by atoms with Crippen LogP contribution in [0.5, 0.6) is 6.01 Å². The molecule has 1 aromatic rings. The first kappa shape index (κ1) is 7.48. The summed E-state index contributed by atoms with van der Waals surface area (Å²) in [6, 6.07) is 3.98. The Balaban J connectivity index is 2.84. The second-order valence-corrected chi connectivity index (χ2v) is 1.87. The zero-order valence-electron chi connectivity index (χ0n) is 6.11. The molecule has 4 heteroatoms. The van der Waals surface area contributed by atoms with Gasteiger partial charge >= 0.3 is 6.01 Å². The molecular formula is C7H7N3O. The van der Waals surface area contributed by atoms with E-state index in [-0.39, 0.29) is 0 Å². The fourth-order valence-electron chi connectivity index (χ4n) is 0.654. The van der Waals surface area contributed by atoms with Crippen LogP contribution in [0.2, 0.25) is 0 Å². The normalized spacial score (nSPS) is 8.73. The predicted octanol–water partition coefficient (Wildman–Crippen LogP) is 0.551. The topological polar surface area (TPSA) is 58.8 Å². The van der Waals surface area contributed by atoms with E-state index < -0.39 is 0 Å². The van der Waals surface area contributed by atoms with Crippen molar-refractivity contribution in [1.82, 2.24) is 9.97 Å². The van der Waals surface area contributed by atoms with Gasteiger partial charge in [0.2, 0.25) is 0 Å². The molecule has 0 aliphatic carbocycles. The van der Waals surface area contributed by atoms with Crippen LogP contribution in [0.25, 0.3) is 0 Å². The molecule has 0 aromatic carbocycles. The van der Waals surface area contributed by atoms with Crippen molar-refractivity contribution >= 4 is 0 Å². The van der Waals surface area contributed by atoms with Crippen molar-refractivity contribution < 1.29 is 4.74 Å². The summed E-state index contributed by atoms with van der Waals surface area (Å²) in [6.07, 6.45) is 1.86. The van der Waals surface area contributed by atoms with E-state index in [1.165, 1.54) is 7.11 Å². The molecule has 1 rings (SSSR count). The molecule has 0 fully saturated rings. The highest BCUT2D eigenvalue weighted by molar-refractivity contribution is 5.09. The van der Waals surface area contributed by atoms with Crippen LogP contribution in [-0.2, 0) is 6.42 Å². The predicted molar refractivity (Wildman–Crippen MR) is 37.9 cm³/mol. The third-order valence-electron chi connectivity index (χ3n) is 1.13. The van der Waals surface area contributed by atoms with Gasteiger partial charge in [0.15, 0.2) is 0 Å². The lowest BCUT2D eigenvalue weighted by Gasteiger charge is -1.96. The molecule has 0 bridgehead atoms. The molecule has 56 valence electrons. The molecule has 0 aliphatic rings. The van der Waals surface area contributed by atoms with Gasteiger partial charge in [0.05, 0.1) is 25.3 Å². The number of aromatic nitrogens is 2. The van der Waals surface area contributed by atoms with Gasteiger partial charge in [0.1, 0.15) is 0 Å². The smallest absolute Gasteiger partial charge is 0.316 e. The number of rotatable bonds is 2. The summed E-state index contributed by atoms with van der Waals surface area (Å²) >= 11 is 0. The lowest BCUT2D eigenvalue weighted by molar-refractivity contribution is 0.378. The highest BCUT2D eigenvalue weighted by Gasteiger charge is 1.96. The Hall–Kier alpha value is -1.63. The van der Waals surface area contributed by atoms with E-state index >= 15 is 0 Å². The molecule has 0 spiro atoms. The Bertz CT molecular complexity index is 279. The second kappa shape index (κ2) is 3.52. The minimum atomic E-state index is 0.291. The highest BCUT2D eigenvalue weighted by atomic mass is 16.5. The summed E-state index contributed by atoms with van der Waals surface area (Å²) in [6.45, 7) is 0. The summed E-state index contributed by atoms with van der Waals surface area (Å²) in [4.78, 5) is 7.72. The molecule has 0 atom stereocenters. The van der Waals surface area contributed by atoms with Crippen molar-refractivity contribution in [2.75, 3.05) is 7.11 Å². The first-order valence-electron chi connectivity index (χ1n) is 3.09. The monoisotopic (exact) mass is 149 g/mol. The van der Waals surface area contributed by atoms with E-state index in [1.807, 2.05) is 6.07 Å². The van der Waals surface area contributed by atoms with Gasteiger partial charge in [-0.1, -0.05) is 0 Å². The maximum absolute atomic E-state index is 8.33. The number of methoxy groups -OCH3 is 1. The molecule has 0 saturated heterocycles. The molecule has 1 aromatic heterocycles. The maximum Gasteiger partial charge on any atom is 0.316 e. The van der Waals surface area contributed by atoms with Crippen LogP contribution in [0.4, 0.5) is 0 Å². The van der Waals surface area contributed by atoms with E-state index in [1.54, 1.807) is 12.3 Å². The molecule has 0 radical (unpaired) electrons. The molecular weight excluding hydrogens is 142 g/mol. The van der Waals surface area contributed by atoms with Gasteiger partial charge in [-0.15, -0.1) is 0 Å². The van der Waals surface area contributed by atoms with Gasteiger partial charge in [-0.2, -0.15) is 10.2 Å². The van der Waals surface area contributed by atoms with Crippen molar-refractivity contribution in [2.24, 2.45) is 0 Å².